The van der Waals surface area contributed by atoms with Gasteiger partial charge in [0.2, 0.25) is 5.95 Å². The second-order valence-electron chi connectivity index (χ2n) is 9.57. The molecule has 8 aromatic rings. The number of halogens is 1. The summed E-state index contributed by atoms with van der Waals surface area (Å²) in [4.78, 5) is 10.7. The van der Waals surface area contributed by atoms with Crippen LogP contribution in [0, 0.1) is 0 Å². The molecule has 0 aliphatic carbocycles. The van der Waals surface area contributed by atoms with Crippen molar-refractivity contribution in [2.24, 2.45) is 0 Å². The number of rotatable bonds is 2. The third kappa shape index (κ3) is 3.07. The van der Waals surface area contributed by atoms with Crippen molar-refractivity contribution in [2.75, 3.05) is 0 Å². The van der Waals surface area contributed by atoms with Crippen LogP contribution < -0.4 is 0 Å². The molecule has 178 valence electrons. The Hall–Kier alpha value is -4.54. The number of nitrogens with zero attached hydrogens (tertiary/aromatic N) is 3. The van der Waals surface area contributed by atoms with Gasteiger partial charge in [0, 0.05) is 31.6 Å². The molecule has 4 heteroatoms. The van der Waals surface area contributed by atoms with Gasteiger partial charge in [-0.2, -0.15) is 0 Å². The van der Waals surface area contributed by atoms with E-state index in [9.17, 15) is 0 Å². The molecule has 0 saturated heterocycles. The summed E-state index contributed by atoms with van der Waals surface area (Å²) in [6, 6.07) is 42.5. The Labute approximate surface area is 227 Å². The molecule has 0 aliphatic heterocycles. The molecule has 2 heterocycles. The average Bonchev–Trinajstić information content (AvgIpc) is 3.31. The van der Waals surface area contributed by atoms with Gasteiger partial charge in [0.15, 0.2) is 0 Å². The third-order valence-corrected chi connectivity index (χ3v) is 7.94. The van der Waals surface area contributed by atoms with Gasteiger partial charge in [-0.1, -0.05) is 113 Å². The molecule has 0 amide bonds. The molecule has 6 aromatic carbocycles. The summed E-state index contributed by atoms with van der Waals surface area (Å²) in [5.41, 5.74) is 5.15. The van der Waals surface area contributed by atoms with E-state index in [4.69, 9.17) is 9.97 Å². The Balaban J connectivity index is 1.61. The van der Waals surface area contributed by atoms with Crippen LogP contribution in [0.15, 0.2) is 126 Å². The first-order chi connectivity index (χ1) is 18.8. The number of benzene rings is 6. The first-order valence-corrected chi connectivity index (χ1v) is 13.4. The molecule has 38 heavy (non-hydrogen) atoms. The molecule has 0 radical (unpaired) electrons. The maximum atomic E-state index is 5.34. The summed E-state index contributed by atoms with van der Waals surface area (Å²) in [6.45, 7) is 0. The number of hydrogen-bond donors (Lipinski definition) is 0. The Morgan fingerprint density at radius 2 is 1.11 bits per heavy atom. The zero-order chi connectivity index (χ0) is 25.2. The highest BCUT2D eigenvalue weighted by molar-refractivity contribution is 9.10. The Morgan fingerprint density at radius 1 is 0.500 bits per heavy atom. The molecule has 8 rings (SSSR count). The van der Waals surface area contributed by atoms with Crippen molar-refractivity contribution in [3.8, 4) is 17.2 Å². The van der Waals surface area contributed by atoms with Crippen molar-refractivity contribution < 1.29 is 0 Å². The molecule has 0 aliphatic rings. The number of hydrogen-bond acceptors (Lipinski definition) is 2. The normalized spacial score (nSPS) is 11.8. The zero-order valence-electron chi connectivity index (χ0n) is 20.3. The molecule has 0 fully saturated rings. The standard InChI is InChI=1S/C34H20BrN3/c35-22-18-19-30-28(20-22)25-14-8-9-17-29(25)38(30)34-36-32(21-10-2-1-3-11-21)31-26-15-6-4-12-23(26)24-13-5-7-16-27(24)33(31)37-34/h1-20H. The lowest BCUT2D eigenvalue weighted by Crippen LogP contribution is -2.04. The average molecular weight is 550 g/mol. The van der Waals surface area contributed by atoms with E-state index in [1.54, 1.807) is 0 Å². The number of aromatic nitrogens is 3. The van der Waals surface area contributed by atoms with Gasteiger partial charge in [-0.05, 0) is 40.4 Å². The summed E-state index contributed by atoms with van der Waals surface area (Å²) in [7, 11) is 0. The molecule has 0 saturated carbocycles. The largest absolute Gasteiger partial charge is 0.278 e. The minimum Gasteiger partial charge on any atom is -0.278 e. The molecular formula is C34H20BrN3. The fourth-order valence-electron chi connectivity index (χ4n) is 5.82. The highest BCUT2D eigenvalue weighted by Crippen LogP contribution is 2.40. The monoisotopic (exact) mass is 549 g/mol. The first kappa shape index (κ1) is 21.5. The summed E-state index contributed by atoms with van der Waals surface area (Å²) >= 11 is 3.67. The van der Waals surface area contributed by atoms with Gasteiger partial charge in [0.25, 0.3) is 0 Å². The smallest absolute Gasteiger partial charge is 0.235 e. The second-order valence-corrected chi connectivity index (χ2v) is 10.5. The lowest BCUT2D eigenvalue weighted by Gasteiger charge is -2.16. The van der Waals surface area contributed by atoms with Crippen LogP contribution in [0.1, 0.15) is 0 Å². The summed E-state index contributed by atoms with van der Waals surface area (Å²) < 4.78 is 3.25. The molecule has 3 nitrogen and oxygen atoms in total. The Bertz CT molecular complexity index is 2200. The molecule has 0 spiro atoms. The van der Waals surface area contributed by atoms with Gasteiger partial charge in [-0.15, -0.1) is 0 Å². The highest BCUT2D eigenvalue weighted by Gasteiger charge is 2.20. The summed E-state index contributed by atoms with van der Waals surface area (Å²) in [5, 5.41) is 8.14. The van der Waals surface area contributed by atoms with E-state index in [0.29, 0.717) is 5.95 Å². The predicted octanol–water partition coefficient (Wildman–Crippen LogP) is 9.46. The van der Waals surface area contributed by atoms with Crippen LogP contribution >= 0.6 is 15.9 Å². The summed E-state index contributed by atoms with van der Waals surface area (Å²) in [6.07, 6.45) is 0. The minimum atomic E-state index is 0.672. The fraction of sp³-hybridized carbons (Fsp3) is 0. The van der Waals surface area contributed by atoms with Crippen molar-refractivity contribution >= 4 is 70.2 Å². The Kier molecular flexibility index (Phi) is 4.67. The zero-order valence-corrected chi connectivity index (χ0v) is 21.9. The highest BCUT2D eigenvalue weighted by atomic mass is 79.9. The lowest BCUT2D eigenvalue weighted by molar-refractivity contribution is 1.02. The van der Waals surface area contributed by atoms with Crippen molar-refractivity contribution in [1.82, 2.24) is 14.5 Å². The van der Waals surface area contributed by atoms with Crippen molar-refractivity contribution in [3.63, 3.8) is 0 Å². The first-order valence-electron chi connectivity index (χ1n) is 12.6. The van der Waals surface area contributed by atoms with E-state index in [1.807, 2.05) is 6.07 Å². The SMILES string of the molecule is Brc1ccc2c(c1)c1ccccc1n2-c1nc(-c2ccccc2)c2c3ccccc3c3ccccc3c2n1. The van der Waals surface area contributed by atoms with Gasteiger partial charge >= 0.3 is 0 Å². The van der Waals surface area contributed by atoms with Gasteiger partial charge in [0.05, 0.1) is 22.2 Å². The van der Waals surface area contributed by atoms with Crippen LogP contribution in [0.25, 0.3) is 71.5 Å². The Morgan fingerprint density at radius 3 is 1.89 bits per heavy atom. The minimum absolute atomic E-state index is 0.672. The molecular weight excluding hydrogens is 530 g/mol. The second kappa shape index (κ2) is 8.23. The van der Waals surface area contributed by atoms with Gasteiger partial charge in [-0.25, -0.2) is 9.97 Å². The van der Waals surface area contributed by atoms with E-state index in [0.717, 1.165) is 48.4 Å². The van der Waals surface area contributed by atoms with Crippen molar-refractivity contribution in [3.05, 3.63) is 126 Å². The van der Waals surface area contributed by atoms with E-state index >= 15 is 0 Å². The molecule has 2 aromatic heterocycles. The van der Waals surface area contributed by atoms with Crippen LogP contribution in [-0.2, 0) is 0 Å². The lowest BCUT2D eigenvalue weighted by atomic mass is 9.94. The molecule has 0 bridgehead atoms. The van der Waals surface area contributed by atoms with Crippen LogP contribution in [0.3, 0.4) is 0 Å². The van der Waals surface area contributed by atoms with Crippen LogP contribution in [-0.4, -0.2) is 14.5 Å². The van der Waals surface area contributed by atoms with Crippen molar-refractivity contribution in [2.45, 2.75) is 0 Å². The quantitative estimate of drug-likeness (QED) is 0.201. The van der Waals surface area contributed by atoms with E-state index < -0.39 is 0 Å². The molecule has 0 atom stereocenters. The van der Waals surface area contributed by atoms with E-state index in [-0.39, 0.29) is 0 Å². The number of fused-ring (bicyclic) bond motifs is 9. The van der Waals surface area contributed by atoms with Gasteiger partial charge in [-0.3, -0.25) is 4.57 Å². The van der Waals surface area contributed by atoms with Gasteiger partial charge in [0.1, 0.15) is 0 Å². The van der Waals surface area contributed by atoms with E-state index in [1.165, 1.54) is 21.5 Å². The van der Waals surface area contributed by atoms with E-state index in [2.05, 4.69) is 136 Å². The maximum absolute atomic E-state index is 5.34. The summed E-state index contributed by atoms with van der Waals surface area (Å²) in [5.74, 6) is 0.672. The topological polar surface area (TPSA) is 30.7 Å². The van der Waals surface area contributed by atoms with Crippen LogP contribution in [0.4, 0.5) is 0 Å². The molecule has 0 unspecified atom stereocenters. The number of para-hydroxylation sites is 1. The third-order valence-electron chi connectivity index (χ3n) is 7.45. The van der Waals surface area contributed by atoms with Crippen LogP contribution in [0.5, 0.6) is 0 Å². The molecule has 0 N–H and O–H groups in total. The van der Waals surface area contributed by atoms with Gasteiger partial charge < -0.3 is 0 Å². The van der Waals surface area contributed by atoms with Crippen LogP contribution in [0.2, 0.25) is 0 Å². The van der Waals surface area contributed by atoms with Crippen molar-refractivity contribution in [1.29, 1.82) is 0 Å². The fourth-order valence-corrected chi connectivity index (χ4v) is 6.19. The predicted molar refractivity (Wildman–Crippen MR) is 162 cm³/mol. The maximum Gasteiger partial charge on any atom is 0.235 e.